The number of amidine groups is 1. The van der Waals surface area contributed by atoms with Crippen molar-refractivity contribution in [1.29, 1.82) is 5.41 Å². The zero-order valence-corrected chi connectivity index (χ0v) is 18.2. The topological polar surface area (TPSA) is 155 Å². The lowest BCUT2D eigenvalue weighted by Gasteiger charge is -2.15. The molecular formula is C21H19Cl2N9. The number of pyridine rings is 1. The average Bonchev–Trinajstić information content (AvgIpc) is 3.32. The molecule has 4 aromatic rings. The first-order chi connectivity index (χ1) is 15.4. The highest BCUT2D eigenvalue weighted by Crippen LogP contribution is 2.34. The minimum Gasteiger partial charge on any atom is -0.384 e. The molecular weight excluding hydrogens is 449 g/mol. The minimum atomic E-state index is -0.528. The summed E-state index contributed by atoms with van der Waals surface area (Å²) in [5.41, 5.74) is 14.3. The molecule has 32 heavy (non-hydrogen) atoms. The molecule has 4 rings (SSSR count). The van der Waals surface area contributed by atoms with Crippen molar-refractivity contribution in [1.82, 2.24) is 24.9 Å². The van der Waals surface area contributed by atoms with Crippen LogP contribution in [-0.2, 0) is 0 Å². The van der Waals surface area contributed by atoms with Gasteiger partial charge < -0.3 is 21.8 Å². The molecule has 0 saturated carbocycles. The number of hydrogen-bond acceptors (Lipinski definition) is 7. The van der Waals surface area contributed by atoms with Crippen molar-refractivity contribution in [3.63, 3.8) is 0 Å². The molecule has 162 valence electrons. The lowest BCUT2D eigenvalue weighted by Crippen LogP contribution is -2.23. The molecule has 1 atom stereocenters. The zero-order valence-electron chi connectivity index (χ0n) is 16.7. The van der Waals surface area contributed by atoms with Crippen LogP contribution in [0.3, 0.4) is 0 Å². The van der Waals surface area contributed by atoms with Crippen LogP contribution in [0.1, 0.15) is 17.4 Å². The van der Waals surface area contributed by atoms with Crippen molar-refractivity contribution in [2.24, 2.45) is 11.5 Å². The zero-order chi connectivity index (χ0) is 22.7. The number of benzene rings is 1. The van der Waals surface area contributed by atoms with Crippen molar-refractivity contribution in [3.05, 3.63) is 76.6 Å². The number of rotatable bonds is 7. The SMILES string of the molecule is N=C(N)c1ccc(NCC(N)c2ncc(-c3ncc[nH]3)c(-c3ccc(Cl)cc3Cl)n2)nc1. The fourth-order valence-corrected chi connectivity index (χ4v) is 3.51. The molecule has 0 radical (unpaired) electrons. The quantitative estimate of drug-likeness (QED) is 0.205. The molecule has 7 N–H and O–H groups in total. The second-order valence-corrected chi connectivity index (χ2v) is 7.73. The highest BCUT2D eigenvalue weighted by atomic mass is 35.5. The Morgan fingerprint density at radius 1 is 1.09 bits per heavy atom. The summed E-state index contributed by atoms with van der Waals surface area (Å²) in [5.74, 6) is 1.59. The predicted molar refractivity (Wildman–Crippen MR) is 126 cm³/mol. The molecule has 0 bridgehead atoms. The molecule has 0 aliphatic heterocycles. The second-order valence-electron chi connectivity index (χ2n) is 6.89. The summed E-state index contributed by atoms with van der Waals surface area (Å²) in [5, 5.41) is 11.6. The van der Waals surface area contributed by atoms with Gasteiger partial charge in [0, 0.05) is 47.5 Å². The summed E-state index contributed by atoms with van der Waals surface area (Å²) in [6, 6.07) is 8.10. The molecule has 11 heteroatoms. The Morgan fingerprint density at radius 2 is 1.94 bits per heavy atom. The van der Waals surface area contributed by atoms with Gasteiger partial charge in [0.25, 0.3) is 0 Å². The van der Waals surface area contributed by atoms with Crippen molar-refractivity contribution in [2.45, 2.75) is 6.04 Å². The van der Waals surface area contributed by atoms with Gasteiger partial charge in [-0.3, -0.25) is 5.41 Å². The van der Waals surface area contributed by atoms with Crippen LogP contribution in [0.5, 0.6) is 0 Å². The number of aromatic amines is 1. The number of nitrogens with one attached hydrogen (secondary N) is 3. The van der Waals surface area contributed by atoms with Crippen LogP contribution in [0.4, 0.5) is 5.82 Å². The van der Waals surface area contributed by atoms with E-state index in [0.29, 0.717) is 56.4 Å². The number of imidazole rings is 1. The maximum absolute atomic E-state index is 7.43. The van der Waals surface area contributed by atoms with Crippen LogP contribution in [0.2, 0.25) is 10.0 Å². The van der Waals surface area contributed by atoms with Gasteiger partial charge in [0.1, 0.15) is 23.3 Å². The molecule has 0 aliphatic rings. The number of nitrogens with zero attached hydrogens (tertiary/aromatic N) is 4. The molecule has 9 nitrogen and oxygen atoms in total. The highest BCUT2D eigenvalue weighted by molar-refractivity contribution is 6.36. The van der Waals surface area contributed by atoms with Crippen molar-refractivity contribution >= 4 is 34.9 Å². The first-order valence-electron chi connectivity index (χ1n) is 9.54. The number of hydrogen-bond donors (Lipinski definition) is 5. The Bertz CT molecular complexity index is 1240. The smallest absolute Gasteiger partial charge is 0.147 e. The third-order valence-corrected chi connectivity index (χ3v) is 5.20. The lowest BCUT2D eigenvalue weighted by atomic mass is 10.1. The third-order valence-electron chi connectivity index (χ3n) is 4.66. The molecule has 0 aliphatic carbocycles. The van der Waals surface area contributed by atoms with Crippen LogP contribution in [0.25, 0.3) is 22.6 Å². The Hall–Kier alpha value is -3.53. The van der Waals surface area contributed by atoms with Crippen molar-refractivity contribution < 1.29 is 0 Å². The summed E-state index contributed by atoms with van der Waals surface area (Å²) in [7, 11) is 0. The fraction of sp³-hybridized carbons (Fsp3) is 0.0952. The van der Waals surface area contributed by atoms with Crippen LogP contribution in [0.15, 0.2) is 55.1 Å². The molecule has 1 unspecified atom stereocenters. The van der Waals surface area contributed by atoms with E-state index in [4.69, 9.17) is 45.1 Å². The number of halogens is 2. The number of H-pyrrole nitrogens is 1. The van der Waals surface area contributed by atoms with E-state index in [0.717, 1.165) is 0 Å². The van der Waals surface area contributed by atoms with Gasteiger partial charge in [-0.15, -0.1) is 0 Å². The van der Waals surface area contributed by atoms with E-state index in [2.05, 4.69) is 25.3 Å². The minimum absolute atomic E-state index is 0.0424. The van der Waals surface area contributed by atoms with E-state index in [1.807, 2.05) is 0 Å². The maximum Gasteiger partial charge on any atom is 0.147 e. The van der Waals surface area contributed by atoms with Gasteiger partial charge in [0.05, 0.1) is 22.3 Å². The van der Waals surface area contributed by atoms with E-state index in [1.54, 1.807) is 48.9 Å². The second kappa shape index (κ2) is 9.31. The third kappa shape index (κ3) is 4.70. The summed E-state index contributed by atoms with van der Waals surface area (Å²) in [6.07, 6.45) is 6.56. The summed E-state index contributed by atoms with van der Waals surface area (Å²) in [6.45, 7) is 0.334. The number of nitrogen functional groups attached to an aromatic ring is 1. The van der Waals surface area contributed by atoms with E-state index in [9.17, 15) is 0 Å². The predicted octanol–water partition coefficient (Wildman–Crippen LogP) is 3.63. The van der Waals surface area contributed by atoms with E-state index >= 15 is 0 Å². The molecule has 3 aromatic heterocycles. The Balaban J connectivity index is 1.62. The Morgan fingerprint density at radius 3 is 2.59 bits per heavy atom. The molecule has 3 heterocycles. The molecule has 0 fully saturated rings. The van der Waals surface area contributed by atoms with Gasteiger partial charge in [-0.05, 0) is 30.3 Å². The van der Waals surface area contributed by atoms with Crippen LogP contribution in [-0.4, -0.2) is 37.3 Å². The summed E-state index contributed by atoms with van der Waals surface area (Å²) in [4.78, 5) is 20.8. The molecule has 0 amide bonds. The van der Waals surface area contributed by atoms with Crippen LogP contribution < -0.4 is 16.8 Å². The molecule has 1 aromatic carbocycles. The van der Waals surface area contributed by atoms with E-state index in [1.165, 1.54) is 6.20 Å². The lowest BCUT2D eigenvalue weighted by molar-refractivity contribution is 0.701. The first kappa shape index (κ1) is 21.7. The van der Waals surface area contributed by atoms with Gasteiger partial charge in [0.15, 0.2) is 0 Å². The van der Waals surface area contributed by atoms with Gasteiger partial charge in [-0.1, -0.05) is 23.2 Å². The normalized spacial score (nSPS) is 11.8. The first-order valence-corrected chi connectivity index (χ1v) is 10.3. The number of nitrogens with two attached hydrogens (primary N) is 2. The van der Waals surface area contributed by atoms with Crippen molar-refractivity contribution in [3.8, 4) is 22.6 Å². The summed E-state index contributed by atoms with van der Waals surface area (Å²) < 4.78 is 0. The van der Waals surface area contributed by atoms with Gasteiger partial charge in [0.2, 0.25) is 0 Å². The fourth-order valence-electron chi connectivity index (χ4n) is 3.01. The standard InChI is InChI=1S/C21H19Cl2N9/c22-12-2-3-13(15(23)7-12)18-14(20-27-5-6-28-20)9-31-21(32-18)16(24)10-30-17-4-1-11(8-29-17)19(25)26/h1-9,16H,10,24H2,(H3,25,26)(H,27,28)(H,29,30). The number of aromatic nitrogens is 5. The maximum atomic E-state index is 7.43. The Labute approximate surface area is 193 Å². The van der Waals surface area contributed by atoms with Gasteiger partial charge >= 0.3 is 0 Å². The largest absolute Gasteiger partial charge is 0.384 e. The number of anilines is 1. The van der Waals surface area contributed by atoms with E-state index in [-0.39, 0.29) is 5.84 Å². The van der Waals surface area contributed by atoms with Crippen LogP contribution in [0, 0.1) is 5.41 Å². The molecule has 0 spiro atoms. The summed E-state index contributed by atoms with van der Waals surface area (Å²) >= 11 is 12.5. The van der Waals surface area contributed by atoms with E-state index < -0.39 is 6.04 Å². The Kier molecular flexibility index (Phi) is 6.31. The van der Waals surface area contributed by atoms with Gasteiger partial charge in [-0.2, -0.15) is 0 Å². The van der Waals surface area contributed by atoms with Crippen LogP contribution >= 0.6 is 23.2 Å². The molecule has 0 saturated heterocycles. The van der Waals surface area contributed by atoms with Crippen molar-refractivity contribution in [2.75, 3.05) is 11.9 Å². The average molecular weight is 468 g/mol. The highest BCUT2D eigenvalue weighted by Gasteiger charge is 2.19. The monoisotopic (exact) mass is 467 g/mol. The van der Waals surface area contributed by atoms with Gasteiger partial charge in [-0.25, -0.2) is 19.9 Å².